The standard InChI is InChI=1S/C16H24ClN3O3/c1-10-7-20(11(2)6-19-10)8-12-4-13(17)16(14(5-12)22-3)23-9-15(18)21/h4-5,10-11,19H,6-9H2,1-3H3,(H2,18,21). The molecule has 0 bridgehead atoms. The molecule has 0 saturated carbocycles. The second kappa shape index (κ2) is 7.86. The van der Waals surface area contributed by atoms with Gasteiger partial charge in [-0.25, -0.2) is 0 Å². The molecule has 0 aromatic heterocycles. The van der Waals surface area contributed by atoms with Crippen molar-refractivity contribution in [1.82, 2.24) is 10.2 Å². The third kappa shape index (κ3) is 4.73. The van der Waals surface area contributed by atoms with E-state index in [1.165, 1.54) is 0 Å². The van der Waals surface area contributed by atoms with Crippen LogP contribution in [0.3, 0.4) is 0 Å². The van der Waals surface area contributed by atoms with Gasteiger partial charge in [0.2, 0.25) is 0 Å². The third-order valence-electron chi connectivity index (χ3n) is 3.93. The molecule has 128 valence electrons. The number of halogens is 1. The first-order valence-corrected chi connectivity index (χ1v) is 8.03. The summed E-state index contributed by atoms with van der Waals surface area (Å²) in [5, 5.41) is 3.88. The Morgan fingerprint density at radius 3 is 2.87 bits per heavy atom. The fourth-order valence-corrected chi connectivity index (χ4v) is 2.99. The molecule has 2 rings (SSSR count). The molecule has 1 heterocycles. The van der Waals surface area contributed by atoms with Gasteiger partial charge in [-0.2, -0.15) is 0 Å². The van der Waals surface area contributed by atoms with E-state index in [0.717, 1.165) is 25.2 Å². The Labute approximate surface area is 141 Å². The van der Waals surface area contributed by atoms with Crippen LogP contribution < -0.4 is 20.5 Å². The van der Waals surface area contributed by atoms with E-state index >= 15 is 0 Å². The lowest BCUT2D eigenvalue weighted by Crippen LogP contribution is -2.53. The van der Waals surface area contributed by atoms with Gasteiger partial charge in [-0.1, -0.05) is 11.6 Å². The highest BCUT2D eigenvalue weighted by atomic mass is 35.5. The first kappa shape index (κ1) is 17.8. The molecule has 0 aliphatic carbocycles. The summed E-state index contributed by atoms with van der Waals surface area (Å²) < 4.78 is 10.7. The second-order valence-electron chi connectivity index (χ2n) is 5.95. The van der Waals surface area contributed by atoms with Crippen LogP contribution in [0.4, 0.5) is 0 Å². The number of hydrogen-bond acceptors (Lipinski definition) is 5. The van der Waals surface area contributed by atoms with Gasteiger partial charge in [-0.3, -0.25) is 9.69 Å². The summed E-state index contributed by atoms with van der Waals surface area (Å²) in [5.74, 6) is 0.291. The first-order valence-electron chi connectivity index (χ1n) is 7.65. The van der Waals surface area contributed by atoms with Crippen molar-refractivity contribution in [3.05, 3.63) is 22.7 Å². The van der Waals surface area contributed by atoms with Crippen LogP contribution >= 0.6 is 11.6 Å². The van der Waals surface area contributed by atoms with E-state index in [1.54, 1.807) is 7.11 Å². The number of piperazine rings is 1. The van der Waals surface area contributed by atoms with Gasteiger partial charge >= 0.3 is 0 Å². The van der Waals surface area contributed by atoms with Gasteiger partial charge in [0.25, 0.3) is 5.91 Å². The van der Waals surface area contributed by atoms with Gasteiger partial charge in [-0.15, -0.1) is 0 Å². The lowest BCUT2D eigenvalue weighted by Gasteiger charge is -2.37. The van der Waals surface area contributed by atoms with Crippen LogP contribution in [0.2, 0.25) is 5.02 Å². The molecule has 2 atom stereocenters. The number of carbonyl (C=O) groups excluding carboxylic acids is 1. The molecule has 1 aromatic carbocycles. The molecule has 7 heteroatoms. The van der Waals surface area contributed by atoms with Crippen LogP contribution in [-0.4, -0.2) is 49.7 Å². The van der Waals surface area contributed by atoms with Crippen molar-refractivity contribution in [2.45, 2.75) is 32.5 Å². The summed E-state index contributed by atoms with van der Waals surface area (Å²) in [5.41, 5.74) is 6.14. The number of methoxy groups -OCH3 is 1. The van der Waals surface area contributed by atoms with Crippen molar-refractivity contribution in [3.8, 4) is 11.5 Å². The Balaban J connectivity index is 2.16. The number of nitrogens with zero attached hydrogens (tertiary/aromatic N) is 1. The number of nitrogens with one attached hydrogen (secondary N) is 1. The molecule has 0 spiro atoms. The number of ether oxygens (including phenoxy) is 2. The van der Waals surface area contributed by atoms with E-state index in [4.69, 9.17) is 26.8 Å². The van der Waals surface area contributed by atoms with Crippen LogP contribution in [0.25, 0.3) is 0 Å². The molecule has 1 aliphatic rings. The minimum atomic E-state index is -0.559. The molecular weight excluding hydrogens is 318 g/mol. The Morgan fingerprint density at radius 1 is 1.48 bits per heavy atom. The topological polar surface area (TPSA) is 76.8 Å². The van der Waals surface area contributed by atoms with Crippen molar-refractivity contribution in [2.24, 2.45) is 5.73 Å². The summed E-state index contributed by atoms with van der Waals surface area (Å²) >= 11 is 6.29. The average molecular weight is 342 g/mol. The summed E-state index contributed by atoms with van der Waals surface area (Å²) in [6.07, 6.45) is 0. The Kier molecular flexibility index (Phi) is 6.10. The molecule has 6 nitrogen and oxygen atoms in total. The van der Waals surface area contributed by atoms with Crippen LogP contribution in [0, 0.1) is 0 Å². The quantitative estimate of drug-likeness (QED) is 0.817. The summed E-state index contributed by atoms with van der Waals surface area (Å²) in [7, 11) is 1.54. The number of hydrogen-bond donors (Lipinski definition) is 2. The van der Waals surface area contributed by atoms with Crippen molar-refractivity contribution >= 4 is 17.5 Å². The molecule has 1 aromatic rings. The SMILES string of the molecule is COc1cc(CN2CC(C)NCC2C)cc(Cl)c1OCC(N)=O. The van der Waals surface area contributed by atoms with Gasteiger partial charge in [0.1, 0.15) is 0 Å². The van der Waals surface area contributed by atoms with E-state index in [9.17, 15) is 4.79 Å². The largest absolute Gasteiger partial charge is 0.493 e. The number of amides is 1. The van der Waals surface area contributed by atoms with Crippen molar-refractivity contribution < 1.29 is 14.3 Å². The number of carbonyl (C=O) groups is 1. The van der Waals surface area contributed by atoms with Crippen molar-refractivity contribution in [3.63, 3.8) is 0 Å². The number of nitrogens with two attached hydrogens (primary N) is 1. The molecule has 23 heavy (non-hydrogen) atoms. The molecule has 3 N–H and O–H groups in total. The molecule has 0 radical (unpaired) electrons. The molecule has 1 saturated heterocycles. The van der Waals surface area contributed by atoms with Gasteiger partial charge in [-0.05, 0) is 31.5 Å². The zero-order valence-corrected chi connectivity index (χ0v) is 14.5. The maximum absolute atomic E-state index is 10.9. The lowest BCUT2D eigenvalue weighted by atomic mass is 10.1. The van der Waals surface area contributed by atoms with Crippen LogP contribution in [0.15, 0.2) is 12.1 Å². The fourth-order valence-electron chi connectivity index (χ4n) is 2.70. The Morgan fingerprint density at radius 2 is 2.22 bits per heavy atom. The highest BCUT2D eigenvalue weighted by Gasteiger charge is 2.23. The monoisotopic (exact) mass is 341 g/mol. The van der Waals surface area contributed by atoms with Crippen LogP contribution in [0.5, 0.6) is 11.5 Å². The molecule has 2 unspecified atom stereocenters. The smallest absolute Gasteiger partial charge is 0.255 e. The second-order valence-corrected chi connectivity index (χ2v) is 6.36. The van der Waals surface area contributed by atoms with E-state index in [1.807, 2.05) is 12.1 Å². The highest BCUT2D eigenvalue weighted by molar-refractivity contribution is 6.32. The number of benzene rings is 1. The minimum Gasteiger partial charge on any atom is -0.493 e. The van der Waals surface area contributed by atoms with E-state index in [0.29, 0.717) is 28.6 Å². The maximum atomic E-state index is 10.9. The van der Waals surface area contributed by atoms with E-state index < -0.39 is 5.91 Å². The normalized spacial score (nSPS) is 21.9. The zero-order valence-electron chi connectivity index (χ0n) is 13.8. The number of rotatable bonds is 6. The first-order chi connectivity index (χ1) is 10.9. The minimum absolute atomic E-state index is 0.234. The van der Waals surface area contributed by atoms with Gasteiger partial charge in [0.05, 0.1) is 12.1 Å². The van der Waals surface area contributed by atoms with Crippen LogP contribution in [0.1, 0.15) is 19.4 Å². The zero-order chi connectivity index (χ0) is 17.0. The summed E-state index contributed by atoms with van der Waals surface area (Å²) in [4.78, 5) is 13.3. The van der Waals surface area contributed by atoms with Crippen LogP contribution in [-0.2, 0) is 11.3 Å². The maximum Gasteiger partial charge on any atom is 0.255 e. The number of primary amides is 1. The van der Waals surface area contributed by atoms with Crippen molar-refractivity contribution in [2.75, 3.05) is 26.8 Å². The van der Waals surface area contributed by atoms with Crippen molar-refractivity contribution in [1.29, 1.82) is 0 Å². The van der Waals surface area contributed by atoms with Gasteiger partial charge < -0.3 is 20.5 Å². The van der Waals surface area contributed by atoms with E-state index in [2.05, 4.69) is 24.1 Å². The molecular formula is C16H24ClN3O3. The molecule has 1 aliphatic heterocycles. The fraction of sp³-hybridized carbons (Fsp3) is 0.562. The van der Waals surface area contributed by atoms with Gasteiger partial charge in [0.15, 0.2) is 18.1 Å². The lowest BCUT2D eigenvalue weighted by molar-refractivity contribution is -0.119. The Bertz CT molecular complexity index is 568. The highest BCUT2D eigenvalue weighted by Crippen LogP contribution is 2.36. The summed E-state index contributed by atoms with van der Waals surface area (Å²) in [6, 6.07) is 4.64. The Hall–Kier alpha value is -1.50. The average Bonchev–Trinajstić information content (AvgIpc) is 2.49. The molecule has 1 fully saturated rings. The third-order valence-corrected chi connectivity index (χ3v) is 4.21. The predicted molar refractivity (Wildman–Crippen MR) is 90.0 cm³/mol. The predicted octanol–water partition coefficient (Wildman–Crippen LogP) is 1.39. The van der Waals surface area contributed by atoms with Gasteiger partial charge in [0, 0.05) is 31.7 Å². The van der Waals surface area contributed by atoms with E-state index in [-0.39, 0.29) is 6.61 Å². The molecule has 1 amide bonds. The summed E-state index contributed by atoms with van der Waals surface area (Å²) in [6.45, 7) is 6.85.